The number of likely N-dealkylation sites (N-methyl/N-ethyl adjacent to an activating group) is 1. The minimum atomic E-state index is -0.712. The van der Waals surface area contributed by atoms with Gasteiger partial charge in [0.25, 0.3) is 0 Å². The third-order valence-electron chi connectivity index (χ3n) is 5.88. The first-order chi connectivity index (χ1) is 16.2. The van der Waals surface area contributed by atoms with E-state index >= 15 is 0 Å². The number of carbonyl (C=O) groups is 1. The van der Waals surface area contributed by atoms with E-state index in [1.807, 2.05) is 0 Å². The fourth-order valence-electron chi connectivity index (χ4n) is 3.93. The number of anilines is 1. The molecular weight excluding hydrogens is 482 g/mol. The van der Waals surface area contributed by atoms with Crippen LogP contribution in [0.1, 0.15) is 30.6 Å². The zero-order valence-corrected chi connectivity index (χ0v) is 20.6. The summed E-state index contributed by atoms with van der Waals surface area (Å²) in [6.45, 7) is 3.47. The van der Waals surface area contributed by atoms with Crippen LogP contribution in [0.3, 0.4) is 0 Å². The molecule has 0 fully saturated rings. The van der Waals surface area contributed by atoms with Crippen molar-refractivity contribution in [3.05, 3.63) is 57.7 Å². The van der Waals surface area contributed by atoms with Crippen LogP contribution in [0.4, 0.5) is 10.2 Å². The smallest absolute Gasteiger partial charge is 0.236 e. The van der Waals surface area contributed by atoms with Gasteiger partial charge >= 0.3 is 0 Å². The summed E-state index contributed by atoms with van der Waals surface area (Å²) in [5.41, 5.74) is 8.83. The third kappa shape index (κ3) is 4.71. The van der Waals surface area contributed by atoms with E-state index in [9.17, 15) is 9.18 Å². The Labute approximate surface area is 206 Å². The molecule has 3 aromatic rings. The monoisotopic (exact) mass is 506 g/mol. The number of hydrogen-bond donors (Lipinski definition) is 1. The molecule has 0 spiro atoms. The number of ether oxygens (including phenoxy) is 1. The van der Waals surface area contributed by atoms with E-state index in [0.29, 0.717) is 24.2 Å². The first-order valence-electron chi connectivity index (χ1n) is 10.7. The number of nitrogen functional groups attached to an aromatic ring is 1. The Morgan fingerprint density at radius 1 is 1.38 bits per heavy atom. The van der Waals surface area contributed by atoms with Crippen molar-refractivity contribution in [2.45, 2.75) is 19.4 Å². The van der Waals surface area contributed by atoms with Gasteiger partial charge in [0.2, 0.25) is 11.7 Å². The van der Waals surface area contributed by atoms with Gasteiger partial charge in [-0.05, 0) is 31.1 Å². The minimum absolute atomic E-state index is 0.0692. The number of nitrogens with two attached hydrogens (primary N) is 1. The minimum Gasteiger partial charge on any atom is -0.478 e. The predicted molar refractivity (Wildman–Crippen MR) is 132 cm³/mol. The van der Waals surface area contributed by atoms with Gasteiger partial charge in [-0.25, -0.2) is 9.37 Å². The number of aromatic nitrogens is 1. The summed E-state index contributed by atoms with van der Waals surface area (Å²) < 4.78 is 25.9. The maximum Gasteiger partial charge on any atom is 0.236 e. The molecule has 10 heteroatoms. The molecule has 1 aliphatic rings. The number of nitrogens with zero attached hydrogens (tertiary/aromatic N) is 3. The summed E-state index contributed by atoms with van der Waals surface area (Å²) in [4.78, 5) is 20.0. The first kappa shape index (κ1) is 24.3. The van der Waals surface area contributed by atoms with Crippen LogP contribution in [0.5, 0.6) is 5.75 Å². The number of benzene rings is 1. The first-order valence-corrected chi connectivity index (χ1v) is 11.5. The highest BCUT2D eigenvalue weighted by atomic mass is 35.5. The van der Waals surface area contributed by atoms with Crippen LogP contribution in [0.25, 0.3) is 16.5 Å². The number of furan rings is 1. The Morgan fingerprint density at radius 2 is 2.15 bits per heavy atom. The van der Waals surface area contributed by atoms with Crippen molar-refractivity contribution in [2.24, 2.45) is 0 Å². The number of amides is 1. The molecule has 0 unspecified atom stereocenters. The van der Waals surface area contributed by atoms with Crippen molar-refractivity contribution in [3.63, 3.8) is 0 Å². The van der Waals surface area contributed by atoms with Gasteiger partial charge in [0.05, 0.1) is 23.2 Å². The highest BCUT2D eigenvalue weighted by Crippen LogP contribution is 2.41. The molecule has 180 valence electrons. The van der Waals surface area contributed by atoms with E-state index in [2.05, 4.69) is 16.0 Å². The summed E-state index contributed by atoms with van der Waals surface area (Å²) in [5.74, 6) is -0.150. The fourth-order valence-corrected chi connectivity index (χ4v) is 4.60. The highest BCUT2D eigenvalue weighted by Gasteiger charge is 2.24. The molecule has 0 radical (unpaired) electrons. The molecule has 3 heterocycles. The predicted octanol–water partition coefficient (Wildman–Crippen LogP) is 5.17. The molecule has 4 rings (SSSR count). The summed E-state index contributed by atoms with van der Waals surface area (Å²) >= 11 is 12.4. The lowest BCUT2D eigenvalue weighted by molar-refractivity contribution is -0.129. The van der Waals surface area contributed by atoms with Gasteiger partial charge in [0.15, 0.2) is 11.4 Å². The van der Waals surface area contributed by atoms with Crippen molar-refractivity contribution in [3.8, 4) is 5.75 Å². The van der Waals surface area contributed by atoms with Crippen molar-refractivity contribution in [1.29, 1.82) is 0 Å². The van der Waals surface area contributed by atoms with E-state index in [4.69, 9.17) is 38.1 Å². The van der Waals surface area contributed by atoms with Crippen LogP contribution in [-0.2, 0) is 4.79 Å². The van der Waals surface area contributed by atoms with E-state index in [1.165, 1.54) is 12.1 Å². The van der Waals surface area contributed by atoms with Gasteiger partial charge in [-0.15, -0.1) is 0 Å². The van der Waals surface area contributed by atoms with Gasteiger partial charge in [0, 0.05) is 49.5 Å². The Bertz CT molecular complexity index is 1270. The molecule has 34 heavy (non-hydrogen) atoms. The van der Waals surface area contributed by atoms with Crippen molar-refractivity contribution >= 4 is 51.5 Å². The van der Waals surface area contributed by atoms with Crippen molar-refractivity contribution in [2.75, 3.05) is 39.5 Å². The summed E-state index contributed by atoms with van der Waals surface area (Å²) in [5, 5.41) is 0.919. The van der Waals surface area contributed by atoms with Gasteiger partial charge in [-0.3, -0.25) is 9.69 Å². The lowest BCUT2D eigenvalue weighted by atomic mass is 9.99. The number of rotatable bonds is 6. The molecule has 7 nitrogen and oxygen atoms in total. The summed E-state index contributed by atoms with van der Waals surface area (Å²) in [6.07, 6.45) is 5.42. The third-order valence-corrected chi connectivity index (χ3v) is 6.59. The second-order valence-corrected chi connectivity index (χ2v) is 9.17. The van der Waals surface area contributed by atoms with E-state index < -0.39 is 11.9 Å². The average molecular weight is 507 g/mol. The van der Waals surface area contributed by atoms with Gasteiger partial charge in [-0.1, -0.05) is 29.3 Å². The van der Waals surface area contributed by atoms with Crippen LogP contribution >= 0.6 is 23.2 Å². The van der Waals surface area contributed by atoms with Gasteiger partial charge in [-0.2, -0.15) is 0 Å². The molecule has 0 saturated carbocycles. The maximum atomic E-state index is 14.0. The molecule has 2 aromatic heterocycles. The number of pyridine rings is 1. The molecule has 0 saturated heterocycles. The zero-order chi connectivity index (χ0) is 24.6. The Kier molecular flexibility index (Phi) is 7.02. The van der Waals surface area contributed by atoms with Crippen molar-refractivity contribution < 1.29 is 18.3 Å². The number of hydrogen-bond acceptors (Lipinski definition) is 6. The van der Waals surface area contributed by atoms with Crippen LogP contribution in [0.15, 0.2) is 35.1 Å². The molecule has 2 N–H and O–H groups in total. The zero-order valence-electron chi connectivity index (χ0n) is 19.1. The molecule has 1 aliphatic heterocycles. The van der Waals surface area contributed by atoms with Crippen LogP contribution in [-0.4, -0.2) is 54.4 Å². The van der Waals surface area contributed by atoms with E-state index in [0.717, 1.165) is 29.5 Å². The largest absolute Gasteiger partial charge is 0.478 e. The fraction of sp³-hybridized carbons (Fsp3) is 0.333. The Balaban J connectivity index is 1.61. The molecule has 1 aromatic carbocycles. The lowest BCUT2D eigenvalue weighted by Gasteiger charge is -2.26. The van der Waals surface area contributed by atoms with E-state index in [1.54, 1.807) is 38.4 Å². The Hall–Kier alpha value is -2.81. The van der Waals surface area contributed by atoms with Crippen LogP contribution in [0.2, 0.25) is 10.0 Å². The second kappa shape index (κ2) is 9.82. The molecule has 1 atom stereocenters. The average Bonchev–Trinajstić information content (AvgIpc) is 3.23. The van der Waals surface area contributed by atoms with Gasteiger partial charge in [0.1, 0.15) is 11.9 Å². The molecule has 0 aliphatic carbocycles. The number of halogens is 3. The second-order valence-electron chi connectivity index (χ2n) is 8.38. The highest BCUT2D eigenvalue weighted by molar-refractivity contribution is 6.36. The topological polar surface area (TPSA) is 84.8 Å². The maximum absolute atomic E-state index is 14.0. The standard InChI is InChI=1S/C24H25Cl2FN4O3/c1-13(20-17(25)4-5-18(27)21(20)26)34-23-22-15(10-29-24(23)28)16(12-33-22)14-6-8-31(9-7-14)11-19(32)30(2)3/h4-6,10,12-13H,7-9,11H2,1-3H3,(H2,28,29)/t13-/m1/s1. The van der Waals surface area contributed by atoms with E-state index in [-0.39, 0.29) is 27.5 Å². The summed E-state index contributed by atoms with van der Waals surface area (Å²) in [7, 11) is 3.50. The normalized spacial score (nSPS) is 15.3. The van der Waals surface area contributed by atoms with Crippen LogP contribution < -0.4 is 10.5 Å². The van der Waals surface area contributed by atoms with Gasteiger partial charge < -0.3 is 19.8 Å². The Morgan fingerprint density at radius 3 is 2.82 bits per heavy atom. The molecule has 0 bridgehead atoms. The lowest BCUT2D eigenvalue weighted by Crippen LogP contribution is -2.38. The molecule has 1 amide bonds. The van der Waals surface area contributed by atoms with Crippen LogP contribution in [0, 0.1) is 5.82 Å². The number of carbonyl (C=O) groups excluding carboxylic acids is 1. The number of fused-ring (bicyclic) bond motifs is 1. The quantitative estimate of drug-likeness (QED) is 0.464. The molecular formula is C24H25Cl2FN4O3. The SMILES string of the molecule is C[C@@H](Oc1c(N)ncc2c(C3=CCN(CC(=O)N(C)C)CC3)coc12)c1c(Cl)ccc(F)c1Cl. The van der Waals surface area contributed by atoms with Crippen molar-refractivity contribution in [1.82, 2.24) is 14.8 Å². The summed E-state index contributed by atoms with van der Waals surface area (Å²) in [6, 6.07) is 2.63.